The minimum Gasteiger partial charge on any atom is -0.494 e. The van der Waals surface area contributed by atoms with E-state index in [2.05, 4.69) is 0 Å². The van der Waals surface area contributed by atoms with Crippen LogP contribution in [0.15, 0.2) is 24.3 Å². The SMILES string of the molecule is CCOc1cccc(C(O)COC)c1. The number of hydrogen-bond acceptors (Lipinski definition) is 3. The Hall–Kier alpha value is -1.06. The highest BCUT2D eigenvalue weighted by Gasteiger charge is 2.07. The van der Waals surface area contributed by atoms with Gasteiger partial charge in [0.05, 0.1) is 13.2 Å². The lowest BCUT2D eigenvalue weighted by Crippen LogP contribution is -2.05. The Labute approximate surface area is 84.3 Å². The highest BCUT2D eigenvalue weighted by Crippen LogP contribution is 2.19. The molecule has 1 aromatic carbocycles. The molecule has 0 amide bonds. The summed E-state index contributed by atoms with van der Waals surface area (Å²) in [5, 5.41) is 9.63. The van der Waals surface area contributed by atoms with Crippen LogP contribution in [0.5, 0.6) is 5.75 Å². The molecule has 0 bridgehead atoms. The van der Waals surface area contributed by atoms with Crippen LogP contribution in [0.25, 0.3) is 0 Å². The van der Waals surface area contributed by atoms with Gasteiger partial charge in [0.1, 0.15) is 11.9 Å². The quantitative estimate of drug-likeness (QED) is 0.780. The molecule has 1 N–H and O–H groups in total. The summed E-state index contributed by atoms with van der Waals surface area (Å²) < 4.78 is 10.2. The fourth-order valence-corrected chi connectivity index (χ4v) is 1.23. The van der Waals surface area contributed by atoms with Gasteiger partial charge in [-0.25, -0.2) is 0 Å². The van der Waals surface area contributed by atoms with Gasteiger partial charge < -0.3 is 14.6 Å². The van der Waals surface area contributed by atoms with Crippen molar-refractivity contribution in [1.29, 1.82) is 0 Å². The van der Waals surface area contributed by atoms with Crippen LogP contribution in [-0.4, -0.2) is 25.4 Å². The van der Waals surface area contributed by atoms with E-state index in [1.807, 2.05) is 31.2 Å². The van der Waals surface area contributed by atoms with Crippen molar-refractivity contribution in [3.05, 3.63) is 29.8 Å². The first-order valence-corrected chi connectivity index (χ1v) is 4.67. The van der Waals surface area contributed by atoms with Gasteiger partial charge in [-0.1, -0.05) is 12.1 Å². The van der Waals surface area contributed by atoms with Crippen molar-refractivity contribution in [1.82, 2.24) is 0 Å². The summed E-state index contributed by atoms with van der Waals surface area (Å²) in [5.41, 5.74) is 0.817. The van der Waals surface area contributed by atoms with Gasteiger partial charge in [0, 0.05) is 7.11 Å². The van der Waals surface area contributed by atoms with Gasteiger partial charge in [0.15, 0.2) is 0 Å². The molecule has 0 saturated heterocycles. The molecule has 3 heteroatoms. The molecule has 0 heterocycles. The first-order valence-electron chi connectivity index (χ1n) is 4.67. The van der Waals surface area contributed by atoms with Crippen molar-refractivity contribution < 1.29 is 14.6 Å². The maximum absolute atomic E-state index is 9.63. The summed E-state index contributed by atoms with van der Waals surface area (Å²) in [6, 6.07) is 7.41. The Morgan fingerprint density at radius 1 is 1.43 bits per heavy atom. The summed E-state index contributed by atoms with van der Waals surface area (Å²) >= 11 is 0. The summed E-state index contributed by atoms with van der Waals surface area (Å²) in [4.78, 5) is 0. The summed E-state index contributed by atoms with van der Waals surface area (Å²) in [6.07, 6.45) is -0.583. The molecule has 1 rings (SSSR count). The molecule has 1 atom stereocenters. The van der Waals surface area contributed by atoms with Gasteiger partial charge >= 0.3 is 0 Å². The third kappa shape index (κ3) is 3.01. The van der Waals surface area contributed by atoms with Crippen molar-refractivity contribution in [3.8, 4) is 5.75 Å². The number of rotatable bonds is 5. The zero-order valence-corrected chi connectivity index (χ0v) is 8.56. The standard InChI is InChI=1S/C11H16O3/c1-3-14-10-6-4-5-9(7-10)11(12)8-13-2/h4-7,11-12H,3,8H2,1-2H3. The molecule has 1 aromatic rings. The average Bonchev–Trinajstić information content (AvgIpc) is 2.19. The minimum absolute atomic E-state index is 0.301. The molecule has 3 nitrogen and oxygen atoms in total. The van der Waals surface area contributed by atoms with E-state index in [4.69, 9.17) is 9.47 Å². The molecular weight excluding hydrogens is 180 g/mol. The first-order chi connectivity index (χ1) is 6.77. The van der Waals surface area contributed by atoms with Crippen LogP contribution in [0, 0.1) is 0 Å². The summed E-state index contributed by atoms with van der Waals surface area (Å²) in [5.74, 6) is 0.778. The van der Waals surface area contributed by atoms with Crippen LogP contribution in [0.2, 0.25) is 0 Å². The maximum Gasteiger partial charge on any atom is 0.119 e. The Morgan fingerprint density at radius 2 is 2.21 bits per heavy atom. The zero-order valence-electron chi connectivity index (χ0n) is 8.56. The predicted molar refractivity (Wildman–Crippen MR) is 54.4 cm³/mol. The van der Waals surface area contributed by atoms with Gasteiger partial charge in [-0.3, -0.25) is 0 Å². The second kappa shape index (κ2) is 5.62. The van der Waals surface area contributed by atoms with Crippen molar-refractivity contribution in [3.63, 3.8) is 0 Å². The largest absolute Gasteiger partial charge is 0.494 e. The molecule has 0 aromatic heterocycles. The lowest BCUT2D eigenvalue weighted by molar-refractivity contribution is 0.0642. The minimum atomic E-state index is -0.583. The first kappa shape index (κ1) is 11.0. The molecule has 0 aliphatic rings. The van der Waals surface area contributed by atoms with E-state index < -0.39 is 6.10 Å². The molecule has 78 valence electrons. The normalized spacial score (nSPS) is 12.5. The highest BCUT2D eigenvalue weighted by atomic mass is 16.5. The lowest BCUT2D eigenvalue weighted by Gasteiger charge is -2.11. The fraction of sp³-hybridized carbons (Fsp3) is 0.455. The smallest absolute Gasteiger partial charge is 0.119 e. The number of hydrogen-bond donors (Lipinski definition) is 1. The summed E-state index contributed by atoms with van der Waals surface area (Å²) in [6.45, 7) is 2.86. The van der Waals surface area contributed by atoms with Crippen LogP contribution < -0.4 is 4.74 Å². The summed E-state index contributed by atoms with van der Waals surface area (Å²) in [7, 11) is 1.57. The van der Waals surface area contributed by atoms with E-state index in [1.165, 1.54) is 0 Å². The third-order valence-electron chi connectivity index (χ3n) is 1.88. The highest BCUT2D eigenvalue weighted by molar-refractivity contribution is 5.29. The van der Waals surface area contributed by atoms with E-state index in [1.54, 1.807) is 7.11 Å². The molecule has 0 saturated carbocycles. The van der Waals surface area contributed by atoms with Crippen molar-refractivity contribution in [2.24, 2.45) is 0 Å². The van der Waals surface area contributed by atoms with Gasteiger partial charge in [0.2, 0.25) is 0 Å². The number of aliphatic hydroxyl groups is 1. The number of methoxy groups -OCH3 is 1. The van der Waals surface area contributed by atoms with Crippen LogP contribution in [0.4, 0.5) is 0 Å². The molecular formula is C11H16O3. The van der Waals surface area contributed by atoms with Crippen LogP contribution >= 0.6 is 0 Å². The van der Waals surface area contributed by atoms with E-state index in [9.17, 15) is 5.11 Å². The Bertz CT molecular complexity index is 273. The number of ether oxygens (including phenoxy) is 2. The van der Waals surface area contributed by atoms with E-state index >= 15 is 0 Å². The van der Waals surface area contributed by atoms with Gasteiger partial charge in [-0.2, -0.15) is 0 Å². The second-order valence-corrected chi connectivity index (χ2v) is 2.98. The molecule has 0 spiro atoms. The van der Waals surface area contributed by atoms with Crippen LogP contribution in [0.1, 0.15) is 18.6 Å². The van der Waals surface area contributed by atoms with Crippen molar-refractivity contribution in [2.75, 3.05) is 20.3 Å². The lowest BCUT2D eigenvalue weighted by atomic mass is 10.1. The predicted octanol–water partition coefficient (Wildman–Crippen LogP) is 1.77. The Kier molecular flexibility index (Phi) is 4.43. The second-order valence-electron chi connectivity index (χ2n) is 2.98. The monoisotopic (exact) mass is 196 g/mol. The number of benzene rings is 1. The molecule has 1 unspecified atom stereocenters. The molecule has 14 heavy (non-hydrogen) atoms. The van der Waals surface area contributed by atoms with Crippen LogP contribution in [-0.2, 0) is 4.74 Å². The Morgan fingerprint density at radius 3 is 2.86 bits per heavy atom. The van der Waals surface area contributed by atoms with E-state index in [0.717, 1.165) is 11.3 Å². The van der Waals surface area contributed by atoms with Gasteiger partial charge in [-0.15, -0.1) is 0 Å². The average molecular weight is 196 g/mol. The van der Waals surface area contributed by atoms with E-state index in [-0.39, 0.29) is 0 Å². The van der Waals surface area contributed by atoms with Gasteiger partial charge in [-0.05, 0) is 24.6 Å². The third-order valence-corrected chi connectivity index (χ3v) is 1.88. The topological polar surface area (TPSA) is 38.7 Å². The molecule has 0 radical (unpaired) electrons. The number of aliphatic hydroxyl groups excluding tert-OH is 1. The Balaban J connectivity index is 2.71. The van der Waals surface area contributed by atoms with Crippen molar-refractivity contribution in [2.45, 2.75) is 13.0 Å². The molecule has 0 aliphatic carbocycles. The van der Waals surface area contributed by atoms with E-state index in [0.29, 0.717) is 13.2 Å². The molecule has 0 fully saturated rings. The van der Waals surface area contributed by atoms with Crippen molar-refractivity contribution >= 4 is 0 Å². The maximum atomic E-state index is 9.63. The zero-order chi connectivity index (χ0) is 10.4. The molecule has 0 aliphatic heterocycles. The fourth-order valence-electron chi connectivity index (χ4n) is 1.23. The van der Waals surface area contributed by atoms with Gasteiger partial charge in [0.25, 0.3) is 0 Å². The van der Waals surface area contributed by atoms with Crippen LogP contribution in [0.3, 0.4) is 0 Å².